The molecule has 0 bridgehead atoms. The topological polar surface area (TPSA) is 57.7 Å². The van der Waals surface area contributed by atoms with E-state index in [0.29, 0.717) is 19.5 Å². The molecule has 0 unspecified atom stereocenters. The Hall–Kier alpha value is -1.18. The third kappa shape index (κ3) is 3.36. The Bertz CT molecular complexity index is 643. The van der Waals surface area contributed by atoms with E-state index in [2.05, 4.69) is 0 Å². The second kappa shape index (κ2) is 6.29. The molecule has 1 aromatic rings. The number of carbonyl (C=O) groups is 1. The first-order valence-electron chi connectivity index (χ1n) is 6.59. The Labute approximate surface area is 128 Å². The van der Waals surface area contributed by atoms with E-state index in [4.69, 9.17) is 11.6 Å². The van der Waals surface area contributed by atoms with Gasteiger partial charge in [-0.05, 0) is 18.2 Å². The van der Waals surface area contributed by atoms with E-state index in [9.17, 15) is 17.6 Å². The standard InChI is InChI=1S/C13H16ClFN2O3S/c1-2-13(18)16-5-7-17(8-6-16)21(19,20)12-9-10(14)3-4-11(12)15/h3-4,9H,2,5-8H2,1H3. The number of rotatable bonds is 3. The number of benzene rings is 1. The van der Waals surface area contributed by atoms with E-state index >= 15 is 0 Å². The van der Waals surface area contributed by atoms with E-state index in [1.807, 2.05) is 0 Å². The first-order chi connectivity index (χ1) is 9.86. The van der Waals surface area contributed by atoms with E-state index < -0.39 is 20.7 Å². The molecule has 21 heavy (non-hydrogen) atoms. The normalized spacial score (nSPS) is 17.0. The fourth-order valence-corrected chi connectivity index (χ4v) is 3.96. The maximum atomic E-state index is 13.8. The molecule has 116 valence electrons. The van der Waals surface area contributed by atoms with Gasteiger partial charge in [-0.2, -0.15) is 4.31 Å². The van der Waals surface area contributed by atoms with E-state index in [-0.39, 0.29) is 24.0 Å². The quantitative estimate of drug-likeness (QED) is 0.845. The molecule has 5 nitrogen and oxygen atoms in total. The molecule has 1 saturated heterocycles. The van der Waals surface area contributed by atoms with Crippen LogP contribution in [0.5, 0.6) is 0 Å². The molecule has 1 aliphatic heterocycles. The highest BCUT2D eigenvalue weighted by molar-refractivity contribution is 7.89. The lowest BCUT2D eigenvalue weighted by atomic mass is 10.3. The van der Waals surface area contributed by atoms with Gasteiger partial charge in [0.2, 0.25) is 15.9 Å². The summed E-state index contributed by atoms with van der Waals surface area (Å²) in [5, 5.41) is 0.162. The van der Waals surface area contributed by atoms with Gasteiger partial charge in [-0.25, -0.2) is 12.8 Å². The number of carbonyl (C=O) groups excluding carboxylic acids is 1. The van der Waals surface area contributed by atoms with Gasteiger partial charge in [0.25, 0.3) is 0 Å². The fraction of sp³-hybridized carbons (Fsp3) is 0.462. The smallest absolute Gasteiger partial charge is 0.246 e. The first-order valence-corrected chi connectivity index (χ1v) is 8.41. The highest BCUT2D eigenvalue weighted by Gasteiger charge is 2.31. The zero-order valence-electron chi connectivity index (χ0n) is 11.6. The van der Waals surface area contributed by atoms with Crippen LogP contribution in [0.4, 0.5) is 4.39 Å². The van der Waals surface area contributed by atoms with Gasteiger partial charge in [-0.15, -0.1) is 0 Å². The summed E-state index contributed by atoms with van der Waals surface area (Å²) in [6.07, 6.45) is 0.385. The van der Waals surface area contributed by atoms with E-state index in [0.717, 1.165) is 12.1 Å². The summed E-state index contributed by atoms with van der Waals surface area (Å²) in [5.74, 6) is -0.840. The number of piperazine rings is 1. The van der Waals surface area contributed by atoms with Crippen LogP contribution in [0.2, 0.25) is 5.02 Å². The minimum absolute atomic E-state index is 0.0130. The van der Waals surface area contributed by atoms with Crippen LogP contribution >= 0.6 is 11.6 Å². The van der Waals surface area contributed by atoms with Gasteiger partial charge in [0.1, 0.15) is 10.7 Å². The van der Waals surface area contributed by atoms with E-state index in [1.165, 1.54) is 10.4 Å². The summed E-state index contributed by atoms with van der Waals surface area (Å²) >= 11 is 5.74. The molecule has 1 aromatic carbocycles. The van der Waals surface area contributed by atoms with E-state index in [1.54, 1.807) is 11.8 Å². The van der Waals surface area contributed by atoms with Crippen molar-refractivity contribution in [1.82, 2.24) is 9.21 Å². The third-order valence-electron chi connectivity index (χ3n) is 3.40. The van der Waals surface area contributed by atoms with Crippen molar-refractivity contribution in [3.8, 4) is 0 Å². The summed E-state index contributed by atoms with van der Waals surface area (Å²) in [6.45, 7) is 2.69. The molecule has 1 amide bonds. The number of sulfonamides is 1. The van der Waals surface area contributed by atoms with Crippen LogP contribution in [-0.2, 0) is 14.8 Å². The highest BCUT2D eigenvalue weighted by atomic mass is 35.5. The Kier molecular flexibility index (Phi) is 4.85. The average Bonchev–Trinajstić information content (AvgIpc) is 2.49. The Balaban J connectivity index is 2.19. The minimum atomic E-state index is -3.94. The molecule has 0 N–H and O–H groups in total. The van der Waals surface area contributed by atoms with Gasteiger partial charge in [0.05, 0.1) is 0 Å². The molecule has 8 heteroatoms. The van der Waals surface area contributed by atoms with Crippen molar-refractivity contribution < 1.29 is 17.6 Å². The molecule has 1 fully saturated rings. The zero-order valence-corrected chi connectivity index (χ0v) is 13.1. The van der Waals surface area contributed by atoms with Gasteiger partial charge in [-0.1, -0.05) is 18.5 Å². The lowest BCUT2D eigenvalue weighted by Crippen LogP contribution is -2.50. The van der Waals surface area contributed by atoms with Crippen LogP contribution < -0.4 is 0 Å². The van der Waals surface area contributed by atoms with Gasteiger partial charge < -0.3 is 4.90 Å². The molecular weight excluding hydrogens is 319 g/mol. The lowest BCUT2D eigenvalue weighted by molar-refractivity contribution is -0.132. The van der Waals surface area contributed by atoms with Crippen molar-refractivity contribution in [3.05, 3.63) is 29.0 Å². The predicted octanol–water partition coefficient (Wildman–Crippen LogP) is 1.72. The summed E-state index contributed by atoms with van der Waals surface area (Å²) in [4.78, 5) is 12.8. The number of amides is 1. The molecule has 0 saturated carbocycles. The summed E-state index contributed by atoms with van der Waals surface area (Å²) in [5.41, 5.74) is 0. The summed E-state index contributed by atoms with van der Waals surface area (Å²) in [7, 11) is -3.94. The Morgan fingerprint density at radius 3 is 2.48 bits per heavy atom. The zero-order chi connectivity index (χ0) is 15.6. The Morgan fingerprint density at radius 2 is 1.90 bits per heavy atom. The maximum Gasteiger partial charge on any atom is 0.246 e. The average molecular weight is 335 g/mol. The lowest BCUT2D eigenvalue weighted by Gasteiger charge is -2.33. The van der Waals surface area contributed by atoms with Gasteiger partial charge in [0, 0.05) is 37.6 Å². The summed E-state index contributed by atoms with van der Waals surface area (Å²) in [6, 6.07) is 3.44. The van der Waals surface area contributed by atoms with Gasteiger partial charge >= 0.3 is 0 Å². The molecule has 1 aliphatic rings. The van der Waals surface area contributed by atoms with Crippen LogP contribution in [0, 0.1) is 5.82 Å². The molecule has 0 atom stereocenters. The molecule has 0 aromatic heterocycles. The highest BCUT2D eigenvalue weighted by Crippen LogP contribution is 2.24. The maximum absolute atomic E-state index is 13.8. The van der Waals surface area contributed by atoms with Crippen molar-refractivity contribution >= 4 is 27.5 Å². The summed E-state index contributed by atoms with van der Waals surface area (Å²) < 4.78 is 39.8. The molecular formula is C13H16ClFN2O3S. The second-order valence-corrected chi connectivity index (χ2v) is 7.06. The van der Waals surface area contributed by atoms with Gasteiger partial charge in [0.15, 0.2) is 0 Å². The first kappa shape index (κ1) is 16.2. The molecule has 2 rings (SSSR count). The van der Waals surface area contributed by atoms with Gasteiger partial charge in [-0.3, -0.25) is 4.79 Å². The predicted molar refractivity (Wildman–Crippen MR) is 77.0 cm³/mol. The number of nitrogens with zero attached hydrogens (tertiary/aromatic N) is 2. The second-order valence-electron chi connectivity index (χ2n) is 4.71. The van der Waals surface area contributed by atoms with Crippen LogP contribution in [0.1, 0.15) is 13.3 Å². The minimum Gasteiger partial charge on any atom is -0.340 e. The SMILES string of the molecule is CCC(=O)N1CCN(S(=O)(=O)c2cc(Cl)ccc2F)CC1. The van der Waals surface area contributed by atoms with Crippen molar-refractivity contribution in [2.45, 2.75) is 18.2 Å². The van der Waals surface area contributed by atoms with Crippen molar-refractivity contribution in [2.75, 3.05) is 26.2 Å². The van der Waals surface area contributed by atoms with Crippen molar-refractivity contribution in [1.29, 1.82) is 0 Å². The third-order valence-corrected chi connectivity index (χ3v) is 5.55. The fourth-order valence-electron chi connectivity index (χ4n) is 2.22. The Morgan fingerprint density at radius 1 is 1.29 bits per heavy atom. The van der Waals surface area contributed by atoms with Crippen LogP contribution in [0.15, 0.2) is 23.1 Å². The number of hydrogen-bond donors (Lipinski definition) is 0. The molecule has 0 spiro atoms. The van der Waals surface area contributed by atoms with Crippen molar-refractivity contribution in [2.24, 2.45) is 0 Å². The van der Waals surface area contributed by atoms with Crippen LogP contribution in [0.3, 0.4) is 0 Å². The number of hydrogen-bond acceptors (Lipinski definition) is 3. The molecule has 0 aliphatic carbocycles. The molecule has 0 radical (unpaired) electrons. The monoisotopic (exact) mass is 334 g/mol. The number of halogens is 2. The molecule has 1 heterocycles. The van der Waals surface area contributed by atoms with Crippen LogP contribution in [0.25, 0.3) is 0 Å². The largest absolute Gasteiger partial charge is 0.340 e. The van der Waals surface area contributed by atoms with Crippen molar-refractivity contribution in [3.63, 3.8) is 0 Å². The van der Waals surface area contributed by atoms with Crippen LogP contribution in [-0.4, -0.2) is 49.7 Å².